The maximum absolute atomic E-state index is 11.2. The predicted molar refractivity (Wildman–Crippen MR) is 73.2 cm³/mol. The van der Waals surface area contributed by atoms with Gasteiger partial charge in [-0.25, -0.2) is 0 Å². The Morgan fingerprint density at radius 1 is 1.11 bits per heavy atom. The fraction of sp³-hybridized carbons (Fsp3) is 0.882. The van der Waals surface area contributed by atoms with E-state index in [2.05, 4.69) is 26.0 Å². The Morgan fingerprint density at radius 2 is 1.94 bits per heavy atom. The van der Waals surface area contributed by atoms with Crippen LogP contribution in [-0.2, 0) is 0 Å². The molecule has 3 fully saturated rings. The van der Waals surface area contributed by atoms with Gasteiger partial charge in [-0.05, 0) is 55.3 Å². The van der Waals surface area contributed by atoms with Crippen LogP contribution in [0.25, 0.3) is 0 Å². The van der Waals surface area contributed by atoms with Gasteiger partial charge in [0.25, 0.3) is 0 Å². The summed E-state index contributed by atoms with van der Waals surface area (Å²) in [5.74, 6) is 0.799. The molecule has 1 heteroatoms. The van der Waals surface area contributed by atoms with Gasteiger partial charge in [-0.3, -0.25) is 0 Å². The van der Waals surface area contributed by atoms with Crippen LogP contribution in [-0.4, -0.2) is 10.7 Å². The number of hydrogen-bond donors (Lipinski definition) is 1. The average Bonchev–Trinajstić information content (AvgIpc) is 2.85. The third-order valence-electron chi connectivity index (χ3n) is 7.83. The van der Waals surface area contributed by atoms with Gasteiger partial charge in [0.15, 0.2) is 0 Å². The van der Waals surface area contributed by atoms with Crippen molar-refractivity contribution in [1.29, 1.82) is 0 Å². The lowest BCUT2D eigenvalue weighted by atomic mass is 9.47. The average molecular weight is 246 g/mol. The summed E-state index contributed by atoms with van der Waals surface area (Å²) in [6.07, 6.45) is 14.7. The van der Waals surface area contributed by atoms with E-state index < -0.39 is 5.60 Å². The zero-order valence-electron chi connectivity index (χ0n) is 11.8. The number of hydrogen-bond acceptors (Lipinski definition) is 1. The summed E-state index contributed by atoms with van der Waals surface area (Å²) >= 11 is 0. The Kier molecular flexibility index (Phi) is 1.96. The molecular weight excluding hydrogens is 220 g/mol. The second kappa shape index (κ2) is 3.06. The Balaban J connectivity index is 1.93. The van der Waals surface area contributed by atoms with E-state index >= 15 is 0 Å². The molecular formula is C17H26O. The molecule has 0 aromatic carbocycles. The molecule has 4 aliphatic carbocycles. The van der Waals surface area contributed by atoms with Gasteiger partial charge in [-0.2, -0.15) is 0 Å². The van der Waals surface area contributed by atoms with Gasteiger partial charge in [0.2, 0.25) is 0 Å². The van der Waals surface area contributed by atoms with E-state index in [1.807, 2.05) is 0 Å². The van der Waals surface area contributed by atoms with Crippen molar-refractivity contribution in [3.8, 4) is 0 Å². The molecule has 0 aromatic rings. The van der Waals surface area contributed by atoms with Crippen molar-refractivity contribution in [2.45, 2.75) is 70.8 Å². The van der Waals surface area contributed by atoms with Crippen molar-refractivity contribution in [2.75, 3.05) is 0 Å². The summed E-state index contributed by atoms with van der Waals surface area (Å²) in [6, 6.07) is 0. The molecule has 0 bridgehead atoms. The molecule has 1 N–H and O–H groups in total. The minimum atomic E-state index is -0.462. The fourth-order valence-corrected chi connectivity index (χ4v) is 7.15. The molecule has 3 saturated carbocycles. The van der Waals surface area contributed by atoms with Gasteiger partial charge >= 0.3 is 0 Å². The van der Waals surface area contributed by atoms with Crippen LogP contribution in [0.4, 0.5) is 0 Å². The minimum Gasteiger partial charge on any atom is -0.385 e. The fourth-order valence-electron chi connectivity index (χ4n) is 7.15. The van der Waals surface area contributed by atoms with E-state index in [0.29, 0.717) is 10.8 Å². The summed E-state index contributed by atoms with van der Waals surface area (Å²) in [6.45, 7) is 5.02. The van der Waals surface area contributed by atoms with Crippen molar-refractivity contribution in [2.24, 2.45) is 22.2 Å². The SMILES string of the molecule is C[C@@H]1CCC[C@@]2(C)CC[C@]34CC=C[C@@]3(O)CC[C@]124. The highest BCUT2D eigenvalue weighted by molar-refractivity contribution is 5.34. The van der Waals surface area contributed by atoms with E-state index in [4.69, 9.17) is 0 Å². The molecule has 5 atom stereocenters. The molecule has 0 radical (unpaired) electrons. The zero-order chi connectivity index (χ0) is 12.6. The molecule has 1 nitrogen and oxygen atoms in total. The minimum absolute atomic E-state index is 0.203. The first-order chi connectivity index (χ1) is 8.50. The maximum Gasteiger partial charge on any atom is 0.0892 e. The van der Waals surface area contributed by atoms with Gasteiger partial charge in [0, 0.05) is 5.41 Å². The van der Waals surface area contributed by atoms with Crippen LogP contribution in [0.5, 0.6) is 0 Å². The lowest BCUT2D eigenvalue weighted by molar-refractivity contribution is -0.124. The largest absolute Gasteiger partial charge is 0.385 e. The molecule has 2 spiro atoms. The smallest absolute Gasteiger partial charge is 0.0892 e. The molecule has 0 aliphatic heterocycles. The maximum atomic E-state index is 11.2. The van der Waals surface area contributed by atoms with Gasteiger partial charge in [0.1, 0.15) is 0 Å². The summed E-state index contributed by atoms with van der Waals surface area (Å²) in [5, 5.41) is 11.2. The summed E-state index contributed by atoms with van der Waals surface area (Å²) in [7, 11) is 0. The van der Waals surface area contributed by atoms with Crippen LogP contribution in [0, 0.1) is 22.2 Å². The predicted octanol–water partition coefficient (Wildman–Crippen LogP) is 4.06. The first-order valence-electron chi connectivity index (χ1n) is 7.90. The van der Waals surface area contributed by atoms with E-state index in [-0.39, 0.29) is 5.41 Å². The molecule has 0 aromatic heterocycles. The van der Waals surface area contributed by atoms with Crippen molar-refractivity contribution < 1.29 is 5.11 Å². The van der Waals surface area contributed by atoms with Gasteiger partial charge in [0.05, 0.1) is 5.60 Å². The van der Waals surface area contributed by atoms with Crippen LogP contribution in [0.3, 0.4) is 0 Å². The van der Waals surface area contributed by atoms with E-state index in [1.165, 1.54) is 38.5 Å². The molecule has 18 heavy (non-hydrogen) atoms. The molecule has 0 saturated heterocycles. The Labute approximate surface area is 111 Å². The van der Waals surface area contributed by atoms with E-state index in [1.54, 1.807) is 0 Å². The van der Waals surface area contributed by atoms with Crippen LogP contribution >= 0.6 is 0 Å². The first-order valence-corrected chi connectivity index (χ1v) is 7.90. The Hall–Kier alpha value is -0.300. The van der Waals surface area contributed by atoms with E-state index in [9.17, 15) is 5.11 Å². The van der Waals surface area contributed by atoms with Gasteiger partial charge < -0.3 is 5.11 Å². The van der Waals surface area contributed by atoms with Crippen molar-refractivity contribution in [1.82, 2.24) is 0 Å². The standard InChI is InChI=1S/C17H26O/c1-13-5-3-6-14(2)9-10-15-7-4-8-16(15,18)11-12-17(13,14)15/h4,8,13,18H,3,5-7,9-12H2,1-2H3/t13-,14+,15-,16-,17+/m1/s1. The highest BCUT2D eigenvalue weighted by Crippen LogP contribution is 2.81. The summed E-state index contributed by atoms with van der Waals surface area (Å²) < 4.78 is 0. The molecule has 0 amide bonds. The first kappa shape index (κ1) is 11.5. The van der Waals surface area contributed by atoms with Crippen LogP contribution in [0.1, 0.15) is 65.2 Å². The Bertz CT molecular complexity index is 427. The normalized spacial score (nSPS) is 61.6. The monoisotopic (exact) mass is 246 g/mol. The summed E-state index contributed by atoms with van der Waals surface area (Å²) in [4.78, 5) is 0. The molecule has 4 rings (SSSR count). The highest BCUT2D eigenvalue weighted by Gasteiger charge is 2.76. The number of aliphatic hydroxyl groups is 1. The molecule has 4 aliphatic rings. The van der Waals surface area contributed by atoms with Crippen molar-refractivity contribution in [3.05, 3.63) is 12.2 Å². The second-order valence-corrected chi connectivity index (χ2v) is 7.94. The van der Waals surface area contributed by atoms with E-state index in [0.717, 1.165) is 18.8 Å². The lowest BCUT2D eigenvalue weighted by Crippen LogP contribution is -2.54. The third-order valence-corrected chi connectivity index (χ3v) is 7.83. The van der Waals surface area contributed by atoms with Crippen molar-refractivity contribution >= 4 is 0 Å². The Morgan fingerprint density at radius 3 is 2.78 bits per heavy atom. The molecule has 100 valence electrons. The van der Waals surface area contributed by atoms with Crippen LogP contribution in [0.2, 0.25) is 0 Å². The van der Waals surface area contributed by atoms with Crippen molar-refractivity contribution in [3.63, 3.8) is 0 Å². The quantitative estimate of drug-likeness (QED) is 0.639. The van der Waals surface area contributed by atoms with Gasteiger partial charge in [-0.1, -0.05) is 38.8 Å². The lowest BCUT2D eigenvalue weighted by Gasteiger charge is -2.57. The highest BCUT2D eigenvalue weighted by atomic mass is 16.3. The molecule has 0 unspecified atom stereocenters. The third kappa shape index (κ3) is 0.891. The molecule has 0 heterocycles. The second-order valence-electron chi connectivity index (χ2n) is 7.94. The summed E-state index contributed by atoms with van der Waals surface area (Å²) in [5.41, 5.74) is 0.669. The number of rotatable bonds is 0. The topological polar surface area (TPSA) is 20.2 Å². The van der Waals surface area contributed by atoms with Gasteiger partial charge in [-0.15, -0.1) is 0 Å². The van der Waals surface area contributed by atoms with Crippen LogP contribution in [0.15, 0.2) is 12.2 Å². The zero-order valence-corrected chi connectivity index (χ0v) is 11.8. The van der Waals surface area contributed by atoms with Crippen LogP contribution < -0.4 is 0 Å². The number of allylic oxidation sites excluding steroid dienone is 1.